The summed E-state index contributed by atoms with van der Waals surface area (Å²) in [4.78, 5) is 7.16. The standard InChI is InChI=1S/C14H19N3O3S/c18-10-14(6-2-1-3-7-14)17-21(19,20)12-9-16-13-11(12)5-4-8-15-13/h4-5,8-9,17-18H,1-3,6-7,10H2,(H,15,16). The molecule has 0 radical (unpaired) electrons. The first kappa shape index (κ1) is 14.5. The highest BCUT2D eigenvalue weighted by molar-refractivity contribution is 7.89. The van der Waals surface area contributed by atoms with Gasteiger partial charge in [-0.3, -0.25) is 0 Å². The van der Waals surface area contributed by atoms with Crippen molar-refractivity contribution < 1.29 is 13.5 Å². The lowest BCUT2D eigenvalue weighted by atomic mass is 9.83. The number of fused-ring (bicyclic) bond motifs is 1. The average molecular weight is 309 g/mol. The Kier molecular flexibility index (Phi) is 3.73. The molecule has 0 aromatic carbocycles. The Bertz CT molecular complexity index is 733. The molecule has 3 N–H and O–H groups in total. The summed E-state index contributed by atoms with van der Waals surface area (Å²) in [5, 5.41) is 10.2. The average Bonchev–Trinajstić information content (AvgIpc) is 2.92. The minimum Gasteiger partial charge on any atom is -0.394 e. The van der Waals surface area contributed by atoms with Crippen LogP contribution in [0.1, 0.15) is 32.1 Å². The summed E-state index contributed by atoms with van der Waals surface area (Å²) in [7, 11) is -3.69. The number of sulfonamides is 1. The van der Waals surface area contributed by atoms with E-state index in [1.54, 1.807) is 18.3 Å². The number of nitrogens with one attached hydrogen (secondary N) is 2. The molecule has 1 saturated carbocycles. The van der Waals surface area contributed by atoms with Crippen LogP contribution in [-0.4, -0.2) is 35.6 Å². The van der Waals surface area contributed by atoms with Crippen LogP contribution in [0.2, 0.25) is 0 Å². The maximum Gasteiger partial charge on any atom is 0.243 e. The third-order valence-corrected chi connectivity index (χ3v) is 5.79. The highest BCUT2D eigenvalue weighted by Gasteiger charge is 2.36. The summed E-state index contributed by atoms with van der Waals surface area (Å²) in [5.74, 6) is 0. The number of aliphatic hydroxyl groups is 1. The van der Waals surface area contributed by atoms with Crippen LogP contribution in [-0.2, 0) is 10.0 Å². The molecule has 0 atom stereocenters. The number of hydrogen-bond acceptors (Lipinski definition) is 4. The Morgan fingerprint density at radius 1 is 1.33 bits per heavy atom. The third kappa shape index (κ3) is 2.68. The fourth-order valence-electron chi connectivity index (χ4n) is 3.01. The van der Waals surface area contributed by atoms with E-state index in [9.17, 15) is 13.5 Å². The second-order valence-electron chi connectivity index (χ2n) is 5.66. The van der Waals surface area contributed by atoms with Gasteiger partial charge in [-0.05, 0) is 25.0 Å². The number of hydrogen-bond donors (Lipinski definition) is 3. The predicted molar refractivity (Wildman–Crippen MR) is 79.3 cm³/mol. The molecule has 1 fully saturated rings. The van der Waals surface area contributed by atoms with Crippen molar-refractivity contribution >= 4 is 21.1 Å². The molecule has 0 aliphatic heterocycles. The van der Waals surface area contributed by atoms with E-state index in [0.29, 0.717) is 23.9 Å². The molecule has 1 aliphatic carbocycles. The van der Waals surface area contributed by atoms with Crippen molar-refractivity contribution in [3.05, 3.63) is 24.5 Å². The molecule has 114 valence electrons. The lowest BCUT2D eigenvalue weighted by Gasteiger charge is -2.35. The van der Waals surface area contributed by atoms with Crippen LogP contribution in [0.3, 0.4) is 0 Å². The van der Waals surface area contributed by atoms with E-state index in [1.165, 1.54) is 6.20 Å². The molecule has 3 rings (SSSR count). The van der Waals surface area contributed by atoms with E-state index in [-0.39, 0.29) is 11.5 Å². The lowest BCUT2D eigenvalue weighted by molar-refractivity contribution is 0.142. The Morgan fingerprint density at radius 2 is 2.10 bits per heavy atom. The summed E-state index contributed by atoms with van der Waals surface area (Å²) in [5.41, 5.74) is -0.192. The quantitative estimate of drug-likeness (QED) is 0.798. The summed E-state index contributed by atoms with van der Waals surface area (Å²) >= 11 is 0. The Hall–Kier alpha value is -1.44. The lowest BCUT2D eigenvalue weighted by Crippen LogP contribution is -2.52. The number of aromatic nitrogens is 2. The van der Waals surface area contributed by atoms with Crippen molar-refractivity contribution in [2.75, 3.05) is 6.61 Å². The topological polar surface area (TPSA) is 95.1 Å². The van der Waals surface area contributed by atoms with Gasteiger partial charge in [-0.2, -0.15) is 0 Å². The molecule has 1 aliphatic rings. The van der Waals surface area contributed by atoms with E-state index in [1.807, 2.05) is 0 Å². The molecule has 2 aromatic rings. The number of aromatic amines is 1. The van der Waals surface area contributed by atoms with Crippen molar-refractivity contribution in [3.8, 4) is 0 Å². The van der Waals surface area contributed by atoms with Crippen LogP contribution >= 0.6 is 0 Å². The van der Waals surface area contributed by atoms with Crippen LogP contribution in [0.15, 0.2) is 29.4 Å². The van der Waals surface area contributed by atoms with Crippen molar-refractivity contribution in [3.63, 3.8) is 0 Å². The summed E-state index contributed by atoms with van der Waals surface area (Å²) in [6.07, 6.45) is 7.34. The zero-order valence-electron chi connectivity index (χ0n) is 11.7. The largest absolute Gasteiger partial charge is 0.394 e. The predicted octanol–water partition coefficient (Wildman–Crippen LogP) is 1.54. The number of H-pyrrole nitrogens is 1. The molecular weight excluding hydrogens is 290 g/mol. The van der Waals surface area contributed by atoms with Crippen molar-refractivity contribution in [1.82, 2.24) is 14.7 Å². The number of rotatable bonds is 4. The van der Waals surface area contributed by atoms with E-state index in [4.69, 9.17) is 0 Å². The van der Waals surface area contributed by atoms with Crippen molar-refractivity contribution in [2.24, 2.45) is 0 Å². The Morgan fingerprint density at radius 3 is 2.81 bits per heavy atom. The Balaban J connectivity index is 1.96. The molecule has 2 heterocycles. The van der Waals surface area contributed by atoms with Gasteiger partial charge >= 0.3 is 0 Å². The van der Waals surface area contributed by atoms with E-state index in [0.717, 1.165) is 19.3 Å². The van der Waals surface area contributed by atoms with Crippen LogP contribution in [0.4, 0.5) is 0 Å². The van der Waals surface area contributed by atoms with Gasteiger partial charge < -0.3 is 10.1 Å². The van der Waals surface area contributed by atoms with Crippen LogP contribution in [0.5, 0.6) is 0 Å². The first-order valence-electron chi connectivity index (χ1n) is 7.13. The minimum absolute atomic E-state index is 0.174. The molecule has 7 heteroatoms. The zero-order valence-corrected chi connectivity index (χ0v) is 12.5. The van der Waals surface area contributed by atoms with Gasteiger partial charge in [0, 0.05) is 17.8 Å². The highest BCUT2D eigenvalue weighted by Crippen LogP contribution is 2.30. The molecule has 0 saturated heterocycles. The fourth-order valence-corrected chi connectivity index (χ4v) is 4.63. The maximum absolute atomic E-state index is 12.7. The van der Waals surface area contributed by atoms with Gasteiger partial charge in [0.25, 0.3) is 0 Å². The second kappa shape index (κ2) is 5.40. The molecule has 2 aromatic heterocycles. The highest BCUT2D eigenvalue weighted by atomic mass is 32.2. The smallest absolute Gasteiger partial charge is 0.243 e. The normalized spacial score (nSPS) is 18.9. The van der Waals surface area contributed by atoms with E-state index >= 15 is 0 Å². The fraction of sp³-hybridized carbons (Fsp3) is 0.500. The van der Waals surface area contributed by atoms with E-state index in [2.05, 4.69) is 14.7 Å². The van der Waals surface area contributed by atoms with Gasteiger partial charge in [0.15, 0.2) is 0 Å². The van der Waals surface area contributed by atoms with Gasteiger partial charge in [-0.25, -0.2) is 18.1 Å². The number of aliphatic hydroxyl groups excluding tert-OH is 1. The van der Waals surface area contributed by atoms with Gasteiger partial charge in [-0.1, -0.05) is 19.3 Å². The minimum atomic E-state index is -3.69. The molecule has 6 nitrogen and oxygen atoms in total. The SMILES string of the molecule is O=S(=O)(NC1(CO)CCCCC1)c1c[nH]c2ncccc12. The Labute approximate surface area is 123 Å². The molecule has 0 unspecified atom stereocenters. The first-order chi connectivity index (χ1) is 10.1. The van der Waals surface area contributed by atoms with Crippen LogP contribution < -0.4 is 4.72 Å². The van der Waals surface area contributed by atoms with Gasteiger partial charge in [0.2, 0.25) is 10.0 Å². The molecule has 0 bridgehead atoms. The monoisotopic (exact) mass is 309 g/mol. The van der Waals surface area contributed by atoms with Crippen molar-refractivity contribution in [1.29, 1.82) is 0 Å². The summed E-state index contributed by atoms with van der Waals surface area (Å²) < 4.78 is 28.1. The van der Waals surface area contributed by atoms with Crippen molar-refractivity contribution in [2.45, 2.75) is 42.5 Å². The maximum atomic E-state index is 12.7. The van der Waals surface area contributed by atoms with Gasteiger partial charge in [-0.15, -0.1) is 0 Å². The zero-order chi connectivity index (χ0) is 14.9. The molecular formula is C14H19N3O3S. The van der Waals surface area contributed by atoms with Gasteiger partial charge in [0.1, 0.15) is 10.5 Å². The number of nitrogens with zero attached hydrogens (tertiary/aromatic N) is 1. The van der Waals surface area contributed by atoms with Gasteiger partial charge in [0.05, 0.1) is 12.1 Å². The van der Waals surface area contributed by atoms with E-state index < -0.39 is 15.6 Å². The summed E-state index contributed by atoms with van der Waals surface area (Å²) in [6.45, 7) is -0.174. The first-order valence-corrected chi connectivity index (χ1v) is 8.62. The second-order valence-corrected chi connectivity index (χ2v) is 7.31. The number of pyridine rings is 1. The molecule has 0 amide bonds. The molecule has 0 spiro atoms. The van der Waals surface area contributed by atoms with Crippen LogP contribution in [0.25, 0.3) is 11.0 Å². The summed E-state index contributed by atoms with van der Waals surface area (Å²) in [6, 6.07) is 3.43. The molecule has 21 heavy (non-hydrogen) atoms. The van der Waals surface area contributed by atoms with Crippen LogP contribution in [0, 0.1) is 0 Å². The third-order valence-electron chi connectivity index (χ3n) is 4.17.